The van der Waals surface area contributed by atoms with E-state index in [1.165, 1.54) is 0 Å². The van der Waals surface area contributed by atoms with Crippen LogP contribution < -0.4 is 0 Å². The van der Waals surface area contributed by atoms with E-state index in [2.05, 4.69) is 25.9 Å². The molecule has 0 aromatic carbocycles. The van der Waals surface area contributed by atoms with E-state index in [0.29, 0.717) is 11.0 Å². The average Bonchev–Trinajstić information content (AvgIpc) is 2.75. The maximum absolute atomic E-state index is 6.02. The average molecular weight is 304 g/mol. The standard InChI is InChI=1S/C10H8BrClN2S/c1-2-6-8(11)9(12)14-10(13-6)7-4-3-5-15-7/h3-5H,2H2,1H3. The van der Waals surface area contributed by atoms with Crippen molar-refractivity contribution < 1.29 is 0 Å². The molecule has 2 aromatic rings. The maximum atomic E-state index is 6.02. The summed E-state index contributed by atoms with van der Waals surface area (Å²) in [6.07, 6.45) is 0.835. The number of thiophene rings is 1. The van der Waals surface area contributed by atoms with Crippen LogP contribution in [0, 0.1) is 0 Å². The van der Waals surface area contributed by atoms with Gasteiger partial charge in [0.1, 0.15) is 5.15 Å². The van der Waals surface area contributed by atoms with Crippen molar-refractivity contribution in [3.8, 4) is 10.7 Å². The molecule has 2 heterocycles. The number of hydrogen-bond donors (Lipinski definition) is 0. The second-order valence-electron chi connectivity index (χ2n) is 2.93. The quantitative estimate of drug-likeness (QED) is 0.778. The van der Waals surface area contributed by atoms with Crippen LogP contribution in [0.2, 0.25) is 5.15 Å². The third-order valence-corrected chi connectivity index (χ3v) is 4.16. The minimum Gasteiger partial charge on any atom is -0.231 e. The van der Waals surface area contributed by atoms with Crippen molar-refractivity contribution in [1.29, 1.82) is 0 Å². The van der Waals surface area contributed by atoms with E-state index in [1.54, 1.807) is 11.3 Å². The third kappa shape index (κ3) is 2.22. The molecule has 0 saturated heterocycles. The topological polar surface area (TPSA) is 25.8 Å². The number of aromatic nitrogens is 2. The van der Waals surface area contributed by atoms with Gasteiger partial charge in [-0.1, -0.05) is 24.6 Å². The Morgan fingerprint density at radius 3 is 2.87 bits per heavy atom. The minimum atomic E-state index is 0.477. The first-order valence-electron chi connectivity index (χ1n) is 4.48. The Morgan fingerprint density at radius 2 is 2.27 bits per heavy atom. The summed E-state index contributed by atoms with van der Waals surface area (Å²) in [7, 11) is 0. The number of rotatable bonds is 2. The summed E-state index contributed by atoms with van der Waals surface area (Å²) >= 11 is 11.0. The zero-order valence-corrected chi connectivity index (χ0v) is 11.2. The molecule has 0 radical (unpaired) electrons. The van der Waals surface area contributed by atoms with Gasteiger partial charge in [0.05, 0.1) is 15.0 Å². The Morgan fingerprint density at radius 1 is 1.47 bits per heavy atom. The van der Waals surface area contributed by atoms with Gasteiger partial charge in [-0.3, -0.25) is 0 Å². The number of halogens is 2. The normalized spacial score (nSPS) is 10.6. The van der Waals surface area contributed by atoms with Crippen LogP contribution in [0.3, 0.4) is 0 Å². The van der Waals surface area contributed by atoms with E-state index in [9.17, 15) is 0 Å². The van der Waals surface area contributed by atoms with Crippen molar-refractivity contribution in [2.45, 2.75) is 13.3 Å². The molecule has 78 valence electrons. The fourth-order valence-corrected chi connectivity index (χ4v) is 2.52. The fourth-order valence-electron chi connectivity index (χ4n) is 1.21. The van der Waals surface area contributed by atoms with Gasteiger partial charge in [0.15, 0.2) is 5.82 Å². The molecular weight excluding hydrogens is 296 g/mol. The van der Waals surface area contributed by atoms with Crippen LogP contribution in [0.5, 0.6) is 0 Å². The van der Waals surface area contributed by atoms with E-state index in [-0.39, 0.29) is 0 Å². The Bertz CT molecular complexity index is 471. The van der Waals surface area contributed by atoms with Crippen LogP contribution in [-0.2, 0) is 6.42 Å². The van der Waals surface area contributed by atoms with Gasteiger partial charge in [0, 0.05) is 0 Å². The van der Waals surface area contributed by atoms with Crippen LogP contribution in [0.15, 0.2) is 22.0 Å². The monoisotopic (exact) mass is 302 g/mol. The van der Waals surface area contributed by atoms with Crippen LogP contribution in [0.1, 0.15) is 12.6 Å². The van der Waals surface area contributed by atoms with Crippen molar-refractivity contribution in [2.75, 3.05) is 0 Å². The first-order chi connectivity index (χ1) is 7.22. The zero-order chi connectivity index (χ0) is 10.8. The second-order valence-corrected chi connectivity index (χ2v) is 5.03. The summed E-state index contributed by atoms with van der Waals surface area (Å²) in [4.78, 5) is 9.74. The summed E-state index contributed by atoms with van der Waals surface area (Å²) in [6.45, 7) is 2.04. The highest BCUT2D eigenvalue weighted by Gasteiger charge is 2.10. The van der Waals surface area contributed by atoms with Crippen molar-refractivity contribution in [3.63, 3.8) is 0 Å². The summed E-state index contributed by atoms with van der Waals surface area (Å²) < 4.78 is 0.798. The number of nitrogens with zero attached hydrogens (tertiary/aromatic N) is 2. The molecule has 2 aromatic heterocycles. The number of aryl methyl sites for hydroxylation is 1. The summed E-state index contributed by atoms with van der Waals surface area (Å²) in [5.74, 6) is 0.704. The molecule has 0 aliphatic rings. The van der Waals surface area contributed by atoms with E-state index >= 15 is 0 Å². The van der Waals surface area contributed by atoms with Crippen LogP contribution in [-0.4, -0.2) is 9.97 Å². The van der Waals surface area contributed by atoms with Gasteiger partial charge in [0.2, 0.25) is 0 Å². The predicted molar refractivity (Wildman–Crippen MR) is 67.4 cm³/mol. The molecule has 0 atom stereocenters. The summed E-state index contributed by atoms with van der Waals surface area (Å²) in [5.41, 5.74) is 0.943. The van der Waals surface area contributed by atoms with Gasteiger partial charge in [-0.25, -0.2) is 9.97 Å². The van der Waals surface area contributed by atoms with Gasteiger partial charge in [-0.05, 0) is 33.8 Å². The molecular formula is C10H8BrClN2S. The molecule has 5 heteroatoms. The highest BCUT2D eigenvalue weighted by atomic mass is 79.9. The molecule has 0 amide bonds. The second kappa shape index (κ2) is 4.60. The van der Waals surface area contributed by atoms with Gasteiger partial charge in [0.25, 0.3) is 0 Å². The Hall–Kier alpha value is -0.450. The third-order valence-electron chi connectivity index (χ3n) is 1.96. The molecule has 2 nitrogen and oxygen atoms in total. The van der Waals surface area contributed by atoms with Crippen molar-refractivity contribution in [2.24, 2.45) is 0 Å². The van der Waals surface area contributed by atoms with E-state index in [4.69, 9.17) is 11.6 Å². The molecule has 15 heavy (non-hydrogen) atoms. The highest BCUT2D eigenvalue weighted by Crippen LogP contribution is 2.28. The predicted octanol–water partition coefficient (Wildman–Crippen LogP) is 4.18. The highest BCUT2D eigenvalue weighted by molar-refractivity contribution is 9.10. The van der Waals surface area contributed by atoms with E-state index in [1.807, 2.05) is 24.4 Å². The fraction of sp³-hybridized carbons (Fsp3) is 0.200. The first-order valence-corrected chi connectivity index (χ1v) is 6.53. The summed E-state index contributed by atoms with van der Waals surface area (Å²) in [6, 6.07) is 3.97. The van der Waals surface area contributed by atoms with Gasteiger partial charge >= 0.3 is 0 Å². The van der Waals surface area contributed by atoms with Crippen molar-refractivity contribution in [1.82, 2.24) is 9.97 Å². The largest absolute Gasteiger partial charge is 0.231 e. The lowest BCUT2D eigenvalue weighted by atomic mass is 10.3. The first kappa shape index (κ1) is 11.0. The lowest BCUT2D eigenvalue weighted by Gasteiger charge is -2.04. The maximum Gasteiger partial charge on any atom is 0.171 e. The van der Waals surface area contributed by atoms with Crippen LogP contribution in [0.4, 0.5) is 0 Å². The van der Waals surface area contributed by atoms with Crippen molar-refractivity contribution in [3.05, 3.63) is 32.8 Å². The van der Waals surface area contributed by atoms with Gasteiger partial charge in [-0.15, -0.1) is 11.3 Å². The molecule has 0 unspecified atom stereocenters. The van der Waals surface area contributed by atoms with Crippen molar-refractivity contribution >= 4 is 38.9 Å². The van der Waals surface area contributed by atoms with Gasteiger partial charge < -0.3 is 0 Å². The van der Waals surface area contributed by atoms with Crippen LogP contribution in [0.25, 0.3) is 10.7 Å². The van der Waals surface area contributed by atoms with E-state index < -0.39 is 0 Å². The summed E-state index contributed by atoms with van der Waals surface area (Å²) in [5, 5.41) is 2.48. The van der Waals surface area contributed by atoms with E-state index in [0.717, 1.165) is 21.5 Å². The lowest BCUT2D eigenvalue weighted by Crippen LogP contribution is -1.96. The molecule has 0 saturated carbocycles. The Labute approximate surface area is 105 Å². The molecule has 0 aliphatic heterocycles. The van der Waals surface area contributed by atoms with Crippen LogP contribution >= 0.6 is 38.9 Å². The molecule has 0 N–H and O–H groups in total. The molecule has 2 rings (SSSR count). The molecule has 0 bridgehead atoms. The number of hydrogen-bond acceptors (Lipinski definition) is 3. The molecule has 0 aliphatic carbocycles. The smallest absolute Gasteiger partial charge is 0.171 e. The minimum absolute atomic E-state index is 0.477. The van der Waals surface area contributed by atoms with Gasteiger partial charge in [-0.2, -0.15) is 0 Å². The lowest BCUT2D eigenvalue weighted by molar-refractivity contribution is 0.993. The SMILES string of the molecule is CCc1nc(-c2cccs2)nc(Cl)c1Br. The Kier molecular flexibility index (Phi) is 3.38. The molecule has 0 spiro atoms. The Balaban J connectivity index is 2.55. The zero-order valence-electron chi connectivity index (χ0n) is 8.00. The molecule has 0 fully saturated rings.